The second kappa shape index (κ2) is 7.31. The third-order valence-corrected chi connectivity index (χ3v) is 5.94. The van der Waals surface area contributed by atoms with E-state index in [1.807, 2.05) is 0 Å². The van der Waals surface area contributed by atoms with Crippen molar-refractivity contribution in [2.75, 3.05) is 0 Å². The average molecular weight is 253 g/mol. The molecule has 17 heavy (non-hydrogen) atoms. The van der Waals surface area contributed by atoms with Gasteiger partial charge in [-0.25, -0.2) is 0 Å². The molecule has 1 aliphatic carbocycles. The second-order valence-electron chi connectivity index (χ2n) is 5.83. The zero-order valence-corrected chi connectivity index (χ0v) is 12.6. The van der Waals surface area contributed by atoms with E-state index in [1.165, 1.54) is 25.7 Å². The summed E-state index contributed by atoms with van der Waals surface area (Å²) in [6.07, 6.45) is 6.32. The fourth-order valence-electron chi connectivity index (χ4n) is 2.61. The number of hydrogen-bond donors (Lipinski definition) is 0. The summed E-state index contributed by atoms with van der Waals surface area (Å²) in [4.78, 5) is 0. The largest absolute Gasteiger partial charge is 0.198 e. The topological polar surface area (TPSA) is 23.8 Å². The maximum Gasteiger partial charge on any atom is 0.0667 e. The predicted octanol–water partition coefficient (Wildman–Crippen LogP) is 4.87. The van der Waals surface area contributed by atoms with Crippen molar-refractivity contribution in [2.24, 2.45) is 17.8 Å². The minimum absolute atomic E-state index is 0.300. The highest BCUT2D eigenvalue weighted by Crippen LogP contribution is 2.40. The number of nitriles is 1. The Morgan fingerprint density at radius 3 is 2.53 bits per heavy atom. The van der Waals surface area contributed by atoms with Gasteiger partial charge in [0, 0.05) is 10.5 Å². The van der Waals surface area contributed by atoms with E-state index in [9.17, 15) is 5.26 Å². The first-order valence-corrected chi connectivity index (χ1v) is 8.07. The molecule has 0 aromatic carbocycles. The van der Waals surface area contributed by atoms with Gasteiger partial charge in [-0.15, -0.1) is 0 Å². The van der Waals surface area contributed by atoms with Crippen molar-refractivity contribution in [1.82, 2.24) is 0 Å². The van der Waals surface area contributed by atoms with E-state index in [-0.39, 0.29) is 0 Å². The van der Waals surface area contributed by atoms with Crippen LogP contribution < -0.4 is 0 Å². The molecular formula is C15H27NS. The quantitative estimate of drug-likeness (QED) is 0.697. The van der Waals surface area contributed by atoms with Crippen LogP contribution in [0.2, 0.25) is 0 Å². The molecule has 1 aliphatic rings. The van der Waals surface area contributed by atoms with Crippen molar-refractivity contribution in [3.05, 3.63) is 0 Å². The van der Waals surface area contributed by atoms with Crippen molar-refractivity contribution in [2.45, 2.75) is 70.3 Å². The van der Waals surface area contributed by atoms with E-state index in [0.717, 1.165) is 12.3 Å². The maximum atomic E-state index is 9.27. The van der Waals surface area contributed by atoms with Gasteiger partial charge in [-0.3, -0.25) is 0 Å². The molecule has 1 saturated carbocycles. The van der Waals surface area contributed by atoms with Crippen LogP contribution in [0, 0.1) is 29.1 Å². The fraction of sp³-hybridized carbons (Fsp3) is 0.933. The Morgan fingerprint density at radius 2 is 2.00 bits per heavy atom. The summed E-state index contributed by atoms with van der Waals surface area (Å²) >= 11 is 2.07. The first-order valence-electron chi connectivity index (χ1n) is 7.13. The second-order valence-corrected chi connectivity index (χ2v) is 7.45. The monoisotopic (exact) mass is 253 g/mol. The molecule has 4 atom stereocenters. The van der Waals surface area contributed by atoms with E-state index >= 15 is 0 Å². The van der Waals surface area contributed by atoms with Crippen LogP contribution in [-0.4, -0.2) is 10.5 Å². The van der Waals surface area contributed by atoms with Crippen molar-refractivity contribution in [3.63, 3.8) is 0 Å². The molecule has 0 heterocycles. The van der Waals surface area contributed by atoms with Gasteiger partial charge >= 0.3 is 0 Å². The Bertz CT molecular complexity index is 256. The van der Waals surface area contributed by atoms with Gasteiger partial charge in [-0.2, -0.15) is 17.0 Å². The van der Waals surface area contributed by atoms with E-state index in [1.54, 1.807) is 0 Å². The van der Waals surface area contributed by atoms with Gasteiger partial charge < -0.3 is 0 Å². The Balaban J connectivity index is 2.54. The fourth-order valence-corrected chi connectivity index (χ4v) is 4.25. The summed E-state index contributed by atoms with van der Waals surface area (Å²) in [5, 5.41) is 10.5. The molecule has 0 spiro atoms. The summed E-state index contributed by atoms with van der Waals surface area (Å²) < 4.78 is 0. The molecule has 0 radical (unpaired) electrons. The number of rotatable bonds is 5. The molecule has 0 saturated heterocycles. The smallest absolute Gasteiger partial charge is 0.0667 e. The molecule has 1 fully saturated rings. The molecule has 4 unspecified atom stereocenters. The third kappa shape index (κ3) is 4.54. The first-order chi connectivity index (χ1) is 8.08. The van der Waals surface area contributed by atoms with Gasteiger partial charge in [-0.1, -0.05) is 40.5 Å². The molecule has 0 amide bonds. The van der Waals surface area contributed by atoms with Crippen LogP contribution in [0.5, 0.6) is 0 Å². The van der Waals surface area contributed by atoms with Crippen LogP contribution >= 0.6 is 11.8 Å². The minimum Gasteiger partial charge on any atom is -0.198 e. The average Bonchev–Trinajstić information content (AvgIpc) is 2.29. The summed E-state index contributed by atoms with van der Waals surface area (Å²) in [5.41, 5.74) is 0. The SMILES string of the molecule is CCCC1CCC(C#N)C(SC(C)C(C)C)C1. The number of nitrogens with zero attached hydrogens (tertiary/aromatic N) is 1. The minimum atomic E-state index is 0.300. The predicted molar refractivity (Wildman–Crippen MR) is 77.0 cm³/mol. The van der Waals surface area contributed by atoms with Gasteiger partial charge in [0.05, 0.1) is 12.0 Å². The Hall–Kier alpha value is -0.160. The normalized spacial score (nSPS) is 31.2. The third-order valence-electron chi connectivity index (χ3n) is 4.09. The molecule has 2 heteroatoms. The lowest BCUT2D eigenvalue weighted by Gasteiger charge is -2.34. The van der Waals surface area contributed by atoms with Gasteiger partial charge in [0.25, 0.3) is 0 Å². The van der Waals surface area contributed by atoms with Crippen molar-refractivity contribution in [3.8, 4) is 6.07 Å². The number of thioether (sulfide) groups is 1. The molecule has 1 nitrogen and oxygen atoms in total. The standard InChI is InChI=1S/C15H27NS/c1-5-6-13-7-8-14(10-16)15(9-13)17-12(4)11(2)3/h11-15H,5-9H2,1-4H3. The molecule has 0 N–H and O–H groups in total. The van der Waals surface area contributed by atoms with Crippen LogP contribution in [0.4, 0.5) is 0 Å². The lowest BCUT2D eigenvalue weighted by Crippen LogP contribution is -2.28. The van der Waals surface area contributed by atoms with E-state index in [4.69, 9.17) is 0 Å². The van der Waals surface area contributed by atoms with Crippen molar-refractivity contribution < 1.29 is 0 Å². The van der Waals surface area contributed by atoms with Crippen molar-refractivity contribution in [1.29, 1.82) is 5.26 Å². The highest BCUT2D eigenvalue weighted by molar-refractivity contribution is 8.00. The molecule has 0 bridgehead atoms. The lowest BCUT2D eigenvalue weighted by molar-refractivity contribution is 0.306. The molecule has 0 aromatic rings. The Labute approximate surface area is 111 Å². The van der Waals surface area contributed by atoms with Gasteiger partial charge in [-0.05, 0) is 31.1 Å². The Morgan fingerprint density at radius 1 is 1.29 bits per heavy atom. The van der Waals surface area contributed by atoms with Gasteiger partial charge in [0.15, 0.2) is 0 Å². The molecular weight excluding hydrogens is 226 g/mol. The van der Waals surface area contributed by atoms with Crippen LogP contribution in [0.15, 0.2) is 0 Å². The first kappa shape index (κ1) is 14.9. The van der Waals surface area contributed by atoms with Crippen LogP contribution in [0.25, 0.3) is 0 Å². The summed E-state index contributed by atoms with van der Waals surface area (Å²) in [6.45, 7) is 9.15. The van der Waals surface area contributed by atoms with Gasteiger partial charge in [0.1, 0.15) is 0 Å². The zero-order chi connectivity index (χ0) is 12.8. The summed E-state index contributed by atoms with van der Waals surface area (Å²) in [6, 6.07) is 2.54. The van der Waals surface area contributed by atoms with Gasteiger partial charge in [0.2, 0.25) is 0 Å². The maximum absolute atomic E-state index is 9.27. The van der Waals surface area contributed by atoms with E-state index in [0.29, 0.717) is 22.3 Å². The van der Waals surface area contributed by atoms with Crippen LogP contribution in [-0.2, 0) is 0 Å². The zero-order valence-electron chi connectivity index (χ0n) is 11.8. The highest BCUT2D eigenvalue weighted by atomic mass is 32.2. The lowest BCUT2D eigenvalue weighted by atomic mass is 9.80. The summed E-state index contributed by atoms with van der Waals surface area (Å²) in [7, 11) is 0. The highest BCUT2D eigenvalue weighted by Gasteiger charge is 2.31. The number of hydrogen-bond acceptors (Lipinski definition) is 2. The van der Waals surface area contributed by atoms with Crippen LogP contribution in [0.3, 0.4) is 0 Å². The van der Waals surface area contributed by atoms with Crippen LogP contribution in [0.1, 0.15) is 59.8 Å². The van der Waals surface area contributed by atoms with Crippen molar-refractivity contribution >= 4 is 11.8 Å². The van der Waals surface area contributed by atoms with E-state index in [2.05, 4.69) is 45.5 Å². The summed E-state index contributed by atoms with van der Waals surface area (Å²) in [5.74, 6) is 1.89. The molecule has 0 aliphatic heterocycles. The molecule has 98 valence electrons. The molecule has 1 rings (SSSR count). The van der Waals surface area contributed by atoms with E-state index < -0.39 is 0 Å². The Kier molecular flexibility index (Phi) is 6.41. The molecule has 0 aromatic heterocycles.